The van der Waals surface area contributed by atoms with Gasteiger partial charge in [-0.2, -0.15) is 0 Å². The summed E-state index contributed by atoms with van der Waals surface area (Å²) >= 11 is 0. The van der Waals surface area contributed by atoms with Gasteiger partial charge in [0, 0.05) is 17.8 Å². The minimum Gasteiger partial charge on any atom is -0.497 e. The van der Waals surface area contributed by atoms with Gasteiger partial charge >= 0.3 is 0 Å². The van der Waals surface area contributed by atoms with Crippen molar-refractivity contribution in [2.45, 2.75) is 12.5 Å². The van der Waals surface area contributed by atoms with Gasteiger partial charge in [-0.1, -0.05) is 30.0 Å². The topological polar surface area (TPSA) is 30.9 Å². The Kier molecular flexibility index (Phi) is 5.81. The summed E-state index contributed by atoms with van der Waals surface area (Å²) in [5.74, 6) is 9.18. The third-order valence-corrected chi connectivity index (χ3v) is 5.40. The molecule has 0 bridgehead atoms. The van der Waals surface area contributed by atoms with Crippen molar-refractivity contribution in [3.8, 4) is 29.1 Å². The molecule has 1 atom stereocenters. The molecule has 0 spiro atoms. The molecule has 0 saturated carbocycles. The molecule has 0 N–H and O–H groups in total. The number of hydrogen-bond donors (Lipinski definition) is 0. The van der Waals surface area contributed by atoms with Gasteiger partial charge in [0.25, 0.3) is 0 Å². The molecule has 0 aromatic heterocycles. The van der Waals surface area contributed by atoms with Crippen LogP contribution in [0.1, 0.15) is 22.7 Å². The molecule has 1 heterocycles. The summed E-state index contributed by atoms with van der Waals surface area (Å²) < 4.78 is 16.4. The van der Waals surface area contributed by atoms with Gasteiger partial charge in [0.05, 0.1) is 21.3 Å². The maximum atomic E-state index is 5.58. The quantitative estimate of drug-likeness (QED) is 0.586. The summed E-state index contributed by atoms with van der Waals surface area (Å²) in [4.78, 5) is 2.34. The summed E-state index contributed by atoms with van der Waals surface area (Å²) in [6.45, 7) is 0.864. The van der Waals surface area contributed by atoms with E-state index in [1.807, 2.05) is 42.5 Å². The first-order chi connectivity index (χ1) is 14.7. The zero-order chi connectivity index (χ0) is 20.9. The molecule has 3 aromatic rings. The van der Waals surface area contributed by atoms with E-state index in [2.05, 4.69) is 41.0 Å². The molecular weight excluding hydrogens is 374 g/mol. The zero-order valence-electron chi connectivity index (χ0n) is 17.5. The first kappa shape index (κ1) is 19.7. The summed E-state index contributed by atoms with van der Waals surface area (Å²) in [6.07, 6.45) is 0.908. The van der Waals surface area contributed by atoms with Crippen LogP contribution in [0.4, 0.5) is 5.69 Å². The zero-order valence-corrected chi connectivity index (χ0v) is 17.5. The maximum Gasteiger partial charge on any atom is 0.161 e. The van der Waals surface area contributed by atoms with Crippen LogP contribution in [0.25, 0.3) is 0 Å². The number of ether oxygens (including phenoxy) is 3. The molecule has 3 aromatic carbocycles. The molecule has 0 saturated heterocycles. The van der Waals surface area contributed by atoms with Crippen molar-refractivity contribution >= 4 is 5.69 Å². The van der Waals surface area contributed by atoms with Crippen molar-refractivity contribution in [3.63, 3.8) is 0 Å². The Morgan fingerprint density at radius 1 is 0.833 bits per heavy atom. The highest BCUT2D eigenvalue weighted by atomic mass is 16.5. The van der Waals surface area contributed by atoms with Crippen molar-refractivity contribution in [3.05, 3.63) is 83.4 Å². The molecule has 0 aliphatic carbocycles. The molecule has 1 aliphatic rings. The van der Waals surface area contributed by atoms with Gasteiger partial charge < -0.3 is 19.1 Å². The first-order valence-corrected chi connectivity index (χ1v) is 9.95. The predicted molar refractivity (Wildman–Crippen MR) is 120 cm³/mol. The molecule has 152 valence electrons. The SMILES string of the molecule is COc1ccc(N2CCc3cc(OC)c(OC)cc3C2C#Cc2ccccc2)cc1. The Bertz CT molecular complexity index is 1070. The lowest BCUT2D eigenvalue weighted by Gasteiger charge is -2.36. The largest absolute Gasteiger partial charge is 0.497 e. The second-order valence-corrected chi connectivity index (χ2v) is 7.09. The molecule has 4 heteroatoms. The molecule has 30 heavy (non-hydrogen) atoms. The van der Waals surface area contributed by atoms with Gasteiger partial charge in [-0.15, -0.1) is 0 Å². The van der Waals surface area contributed by atoms with Crippen LogP contribution in [0.2, 0.25) is 0 Å². The second-order valence-electron chi connectivity index (χ2n) is 7.09. The van der Waals surface area contributed by atoms with Crippen LogP contribution in [-0.4, -0.2) is 27.9 Å². The van der Waals surface area contributed by atoms with Gasteiger partial charge in [0.1, 0.15) is 11.8 Å². The Labute approximate surface area is 178 Å². The van der Waals surface area contributed by atoms with Gasteiger partial charge in [0.15, 0.2) is 11.5 Å². The molecule has 1 unspecified atom stereocenters. The van der Waals surface area contributed by atoms with E-state index in [0.717, 1.165) is 47.0 Å². The minimum atomic E-state index is -0.0952. The van der Waals surface area contributed by atoms with Gasteiger partial charge in [-0.05, 0) is 66.1 Å². The standard InChI is InChI=1S/C26H25NO3/c1-28-22-12-10-21(11-13-22)27-16-15-20-17-25(29-2)26(30-3)18-23(20)24(27)14-9-19-7-5-4-6-8-19/h4-8,10-13,17-18,24H,15-16H2,1-3H3. The molecule has 1 aliphatic heterocycles. The fourth-order valence-corrected chi connectivity index (χ4v) is 3.83. The summed E-state index contributed by atoms with van der Waals surface area (Å²) in [5, 5.41) is 0. The predicted octanol–water partition coefficient (Wildman–Crippen LogP) is 4.87. The molecule has 0 amide bonds. The van der Waals surface area contributed by atoms with E-state index >= 15 is 0 Å². The summed E-state index contributed by atoms with van der Waals surface area (Å²) in [6, 6.07) is 22.3. The van der Waals surface area contributed by atoms with Gasteiger partial charge in [0.2, 0.25) is 0 Å². The van der Waals surface area contributed by atoms with Crippen LogP contribution in [0, 0.1) is 11.8 Å². The highest BCUT2D eigenvalue weighted by Gasteiger charge is 2.28. The third-order valence-electron chi connectivity index (χ3n) is 5.40. The number of rotatable bonds is 4. The Hall–Kier alpha value is -3.58. The van der Waals surface area contributed by atoms with E-state index in [4.69, 9.17) is 14.2 Å². The van der Waals surface area contributed by atoms with Crippen LogP contribution >= 0.6 is 0 Å². The molecule has 0 fully saturated rings. The van der Waals surface area contributed by atoms with Crippen molar-refractivity contribution in [2.75, 3.05) is 32.8 Å². The van der Waals surface area contributed by atoms with Crippen molar-refractivity contribution in [1.29, 1.82) is 0 Å². The average Bonchev–Trinajstić information content (AvgIpc) is 2.82. The average molecular weight is 399 g/mol. The smallest absolute Gasteiger partial charge is 0.161 e. The number of hydrogen-bond acceptors (Lipinski definition) is 4. The highest BCUT2D eigenvalue weighted by molar-refractivity contribution is 5.60. The fourth-order valence-electron chi connectivity index (χ4n) is 3.83. The molecule has 4 rings (SSSR count). The lowest BCUT2D eigenvalue weighted by molar-refractivity contribution is 0.353. The van der Waals surface area contributed by atoms with Crippen molar-refractivity contribution in [1.82, 2.24) is 0 Å². The lowest BCUT2D eigenvalue weighted by Crippen LogP contribution is -2.35. The van der Waals surface area contributed by atoms with E-state index in [9.17, 15) is 0 Å². The van der Waals surface area contributed by atoms with E-state index < -0.39 is 0 Å². The van der Waals surface area contributed by atoms with Crippen molar-refractivity contribution < 1.29 is 14.2 Å². The fraction of sp³-hybridized carbons (Fsp3) is 0.231. The lowest BCUT2D eigenvalue weighted by atomic mass is 9.91. The Morgan fingerprint density at radius 2 is 1.53 bits per heavy atom. The molecule has 0 radical (unpaired) electrons. The third kappa shape index (κ3) is 3.92. The van der Waals surface area contributed by atoms with E-state index in [1.165, 1.54) is 5.56 Å². The molecule has 4 nitrogen and oxygen atoms in total. The second kappa shape index (κ2) is 8.84. The number of methoxy groups -OCH3 is 3. The molecular formula is C26H25NO3. The number of nitrogens with zero attached hydrogens (tertiary/aromatic N) is 1. The van der Waals surface area contributed by atoms with Crippen LogP contribution in [0.15, 0.2) is 66.7 Å². The Balaban J connectivity index is 1.80. The number of fused-ring (bicyclic) bond motifs is 1. The Morgan fingerprint density at radius 3 is 2.20 bits per heavy atom. The maximum absolute atomic E-state index is 5.58. The van der Waals surface area contributed by atoms with Crippen LogP contribution in [0.3, 0.4) is 0 Å². The highest BCUT2D eigenvalue weighted by Crippen LogP contribution is 2.40. The van der Waals surface area contributed by atoms with Crippen LogP contribution < -0.4 is 19.1 Å². The van der Waals surface area contributed by atoms with E-state index in [-0.39, 0.29) is 6.04 Å². The van der Waals surface area contributed by atoms with Crippen LogP contribution in [0.5, 0.6) is 17.2 Å². The normalized spacial score (nSPS) is 14.9. The minimum absolute atomic E-state index is 0.0952. The number of anilines is 1. The number of benzene rings is 3. The van der Waals surface area contributed by atoms with Crippen LogP contribution in [-0.2, 0) is 6.42 Å². The van der Waals surface area contributed by atoms with Gasteiger partial charge in [-0.3, -0.25) is 0 Å². The monoisotopic (exact) mass is 399 g/mol. The summed E-state index contributed by atoms with van der Waals surface area (Å²) in [5.41, 5.74) is 4.51. The first-order valence-electron chi connectivity index (χ1n) is 9.95. The summed E-state index contributed by atoms with van der Waals surface area (Å²) in [7, 11) is 5.02. The van der Waals surface area contributed by atoms with Crippen molar-refractivity contribution in [2.24, 2.45) is 0 Å². The van der Waals surface area contributed by atoms with Gasteiger partial charge in [-0.25, -0.2) is 0 Å². The van der Waals surface area contributed by atoms with E-state index in [1.54, 1.807) is 21.3 Å². The van der Waals surface area contributed by atoms with E-state index in [0.29, 0.717) is 0 Å².